The lowest BCUT2D eigenvalue weighted by Crippen LogP contribution is -2.37. The van der Waals surface area contributed by atoms with Crippen molar-refractivity contribution in [3.63, 3.8) is 0 Å². The van der Waals surface area contributed by atoms with Crippen LogP contribution < -0.4 is 20.7 Å². The number of nitrogens with one attached hydrogen (secondary N) is 3. The van der Waals surface area contributed by atoms with Gasteiger partial charge in [0, 0.05) is 31.4 Å². The van der Waals surface area contributed by atoms with Gasteiger partial charge in [0.25, 0.3) is 0 Å². The van der Waals surface area contributed by atoms with Crippen molar-refractivity contribution < 1.29 is 4.74 Å². The Morgan fingerprint density at radius 1 is 1.07 bits per heavy atom. The third kappa shape index (κ3) is 9.83. The zero-order valence-electron chi connectivity index (χ0n) is 17.7. The monoisotopic (exact) mass is 511 g/mol. The second-order valence-corrected chi connectivity index (χ2v) is 6.51. The Labute approximate surface area is 192 Å². The maximum atomic E-state index is 5.75. The lowest BCUT2D eigenvalue weighted by molar-refractivity contribution is 0.336. The number of benzene rings is 1. The van der Waals surface area contributed by atoms with Crippen LogP contribution in [0.25, 0.3) is 0 Å². The number of aryl methyl sites for hydroxylation is 1. The number of unbranched alkanes of at least 4 members (excludes halogenated alkanes) is 1. The minimum absolute atomic E-state index is 0. The number of halogens is 1. The first-order chi connectivity index (χ1) is 13.7. The van der Waals surface area contributed by atoms with Crippen molar-refractivity contribution in [2.45, 2.75) is 40.2 Å². The zero-order valence-corrected chi connectivity index (χ0v) is 20.0. The van der Waals surface area contributed by atoms with E-state index in [9.17, 15) is 0 Å². The highest BCUT2D eigenvalue weighted by molar-refractivity contribution is 14.0. The van der Waals surface area contributed by atoms with E-state index in [-0.39, 0.29) is 24.0 Å². The lowest BCUT2D eigenvalue weighted by atomic mass is 10.1. The molecule has 1 heterocycles. The molecule has 0 atom stereocenters. The Kier molecular flexibility index (Phi) is 12.8. The molecule has 0 aliphatic heterocycles. The van der Waals surface area contributed by atoms with Gasteiger partial charge in [0.2, 0.25) is 0 Å². The normalized spacial score (nSPS) is 10.8. The summed E-state index contributed by atoms with van der Waals surface area (Å²) in [7, 11) is 0. The van der Waals surface area contributed by atoms with Gasteiger partial charge in [-0.3, -0.25) is 0 Å². The van der Waals surface area contributed by atoms with Crippen LogP contribution in [0.1, 0.15) is 37.8 Å². The Hall–Kier alpha value is -2.03. The van der Waals surface area contributed by atoms with Gasteiger partial charge in [-0.15, -0.1) is 24.0 Å². The second kappa shape index (κ2) is 14.9. The van der Waals surface area contributed by atoms with Crippen molar-refractivity contribution in [3.05, 3.63) is 53.7 Å². The van der Waals surface area contributed by atoms with Gasteiger partial charge in [-0.05, 0) is 57.4 Å². The predicted octanol–water partition coefficient (Wildman–Crippen LogP) is 4.35. The highest BCUT2D eigenvalue weighted by Crippen LogP contribution is 2.21. The SMILES string of the molecule is CCNC(=NCc1ccc(C)cc1OCC)NCCCCNc1ccccn1.I. The molecule has 6 nitrogen and oxygen atoms in total. The van der Waals surface area contributed by atoms with Gasteiger partial charge in [-0.1, -0.05) is 18.2 Å². The van der Waals surface area contributed by atoms with Crippen LogP contribution in [0.15, 0.2) is 47.6 Å². The highest BCUT2D eigenvalue weighted by Gasteiger charge is 2.04. The highest BCUT2D eigenvalue weighted by atomic mass is 127. The van der Waals surface area contributed by atoms with E-state index in [0.717, 1.165) is 55.6 Å². The Balaban J connectivity index is 0.00000420. The van der Waals surface area contributed by atoms with Crippen molar-refractivity contribution in [3.8, 4) is 5.75 Å². The summed E-state index contributed by atoms with van der Waals surface area (Å²) in [6.07, 6.45) is 3.92. The fraction of sp³-hybridized carbons (Fsp3) is 0.455. The van der Waals surface area contributed by atoms with Crippen LogP contribution in [-0.4, -0.2) is 37.2 Å². The molecule has 0 fully saturated rings. The van der Waals surface area contributed by atoms with E-state index < -0.39 is 0 Å². The number of nitrogens with zero attached hydrogens (tertiary/aromatic N) is 2. The zero-order chi connectivity index (χ0) is 20.0. The number of aliphatic imine (C=N–C) groups is 1. The van der Waals surface area contributed by atoms with Gasteiger partial charge in [-0.2, -0.15) is 0 Å². The molecule has 1 aromatic carbocycles. The van der Waals surface area contributed by atoms with Crippen molar-refractivity contribution in [1.29, 1.82) is 0 Å². The summed E-state index contributed by atoms with van der Waals surface area (Å²) in [6, 6.07) is 12.2. The first-order valence-electron chi connectivity index (χ1n) is 10.1. The van der Waals surface area contributed by atoms with Gasteiger partial charge in [0.05, 0.1) is 13.2 Å². The van der Waals surface area contributed by atoms with E-state index in [4.69, 9.17) is 9.73 Å². The number of hydrogen-bond donors (Lipinski definition) is 3. The molecule has 0 radical (unpaired) electrons. The van der Waals surface area contributed by atoms with Gasteiger partial charge < -0.3 is 20.7 Å². The minimum atomic E-state index is 0. The van der Waals surface area contributed by atoms with Crippen molar-refractivity contribution in [2.75, 3.05) is 31.6 Å². The Morgan fingerprint density at radius 3 is 2.62 bits per heavy atom. The molecule has 3 N–H and O–H groups in total. The summed E-state index contributed by atoms with van der Waals surface area (Å²) in [5, 5.41) is 10.0. The molecule has 0 aliphatic rings. The largest absolute Gasteiger partial charge is 0.494 e. The fourth-order valence-electron chi connectivity index (χ4n) is 2.73. The minimum Gasteiger partial charge on any atom is -0.494 e. The molecular weight excluding hydrogens is 477 g/mol. The van der Waals surface area contributed by atoms with E-state index in [1.54, 1.807) is 6.20 Å². The summed E-state index contributed by atoms with van der Waals surface area (Å²) in [5.74, 6) is 2.68. The van der Waals surface area contributed by atoms with E-state index in [1.165, 1.54) is 5.56 Å². The molecule has 2 aromatic rings. The smallest absolute Gasteiger partial charge is 0.191 e. The summed E-state index contributed by atoms with van der Waals surface area (Å²) in [6.45, 7) is 10.0. The van der Waals surface area contributed by atoms with Gasteiger partial charge >= 0.3 is 0 Å². The summed E-state index contributed by atoms with van der Waals surface area (Å²) in [5.41, 5.74) is 2.30. The van der Waals surface area contributed by atoms with Crippen LogP contribution in [0.5, 0.6) is 5.75 Å². The number of aromatic nitrogens is 1. The number of guanidine groups is 1. The molecule has 2 rings (SSSR count). The quantitative estimate of drug-likeness (QED) is 0.181. The topological polar surface area (TPSA) is 70.6 Å². The van der Waals surface area contributed by atoms with E-state index in [2.05, 4.69) is 53.0 Å². The van der Waals surface area contributed by atoms with Crippen LogP contribution in [0.3, 0.4) is 0 Å². The number of rotatable bonds is 11. The van der Waals surface area contributed by atoms with E-state index >= 15 is 0 Å². The summed E-state index contributed by atoms with van der Waals surface area (Å²) < 4.78 is 5.75. The lowest BCUT2D eigenvalue weighted by Gasteiger charge is -2.13. The van der Waals surface area contributed by atoms with Crippen molar-refractivity contribution >= 4 is 35.8 Å². The Bertz CT molecular complexity index is 724. The van der Waals surface area contributed by atoms with Crippen LogP contribution >= 0.6 is 24.0 Å². The predicted molar refractivity (Wildman–Crippen MR) is 133 cm³/mol. The molecule has 1 aromatic heterocycles. The summed E-state index contributed by atoms with van der Waals surface area (Å²) >= 11 is 0. The molecule has 0 unspecified atom stereocenters. The molecule has 0 bridgehead atoms. The first kappa shape index (κ1) is 25.0. The van der Waals surface area contributed by atoms with Gasteiger partial charge in [-0.25, -0.2) is 9.98 Å². The first-order valence-corrected chi connectivity index (χ1v) is 10.1. The average Bonchev–Trinajstić information content (AvgIpc) is 2.70. The number of hydrogen-bond acceptors (Lipinski definition) is 4. The fourth-order valence-corrected chi connectivity index (χ4v) is 2.73. The molecule has 7 heteroatoms. The maximum Gasteiger partial charge on any atom is 0.191 e. The Morgan fingerprint density at radius 2 is 1.90 bits per heavy atom. The van der Waals surface area contributed by atoms with Gasteiger partial charge in [0.15, 0.2) is 5.96 Å². The van der Waals surface area contributed by atoms with Crippen LogP contribution in [0.4, 0.5) is 5.82 Å². The maximum absolute atomic E-state index is 5.75. The molecule has 0 saturated carbocycles. The number of pyridine rings is 1. The molecule has 29 heavy (non-hydrogen) atoms. The van der Waals surface area contributed by atoms with Crippen LogP contribution in [0.2, 0.25) is 0 Å². The van der Waals surface area contributed by atoms with Crippen LogP contribution in [-0.2, 0) is 6.54 Å². The third-order valence-corrected chi connectivity index (χ3v) is 4.14. The molecule has 0 amide bonds. The van der Waals surface area contributed by atoms with Crippen molar-refractivity contribution in [2.24, 2.45) is 4.99 Å². The third-order valence-electron chi connectivity index (χ3n) is 4.14. The molecule has 160 valence electrons. The molecule has 0 aliphatic carbocycles. The number of ether oxygens (including phenoxy) is 1. The molecule has 0 spiro atoms. The molecule has 0 saturated heterocycles. The van der Waals surface area contributed by atoms with Crippen LogP contribution in [0, 0.1) is 6.92 Å². The number of anilines is 1. The average molecular weight is 511 g/mol. The van der Waals surface area contributed by atoms with Crippen molar-refractivity contribution in [1.82, 2.24) is 15.6 Å². The standard InChI is InChI=1S/C22H33N5O.HI/c1-4-23-22(26-15-9-8-14-25-21-10-6-7-13-24-21)27-17-19-12-11-18(3)16-20(19)28-5-2;/h6-7,10-13,16H,4-5,8-9,14-15,17H2,1-3H3,(H,24,25)(H2,23,26,27);1H. The van der Waals surface area contributed by atoms with E-state index in [0.29, 0.717) is 13.2 Å². The summed E-state index contributed by atoms with van der Waals surface area (Å²) in [4.78, 5) is 8.97. The second-order valence-electron chi connectivity index (χ2n) is 6.51. The van der Waals surface area contributed by atoms with Gasteiger partial charge in [0.1, 0.15) is 11.6 Å². The molecular formula is C22H34IN5O. The van der Waals surface area contributed by atoms with E-state index in [1.807, 2.05) is 25.1 Å².